The molecule has 3 rings (SSSR count). The van der Waals surface area contributed by atoms with E-state index in [4.69, 9.17) is 9.47 Å². The zero-order valence-electron chi connectivity index (χ0n) is 17.4. The molecule has 2 aromatic rings. The number of carbonyl (C=O) groups excluding carboxylic acids is 3. The highest BCUT2D eigenvalue weighted by molar-refractivity contribution is 6.04. The standard InChI is InChI=1S/C24H26N2O5/c1-30-21-13-7-2-8-17(21)14-15-23(28)31-16-22(27)26-20-12-6-5-11-19(20)24(29)25-18-9-3-4-10-18/h2,5-8,11-15,18H,3-4,9-10,16H2,1H3,(H,25,29)(H,26,27)/b15-14+. The molecule has 0 saturated heterocycles. The minimum atomic E-state index is -0.659. The Kier molecular flexibility index (Phi) is 7.81. The van der Waals surface area contributed by atoms with E-state index in [1.54, 1.807) is 49.6 Å². The van der Waals surface area contributed by atoms with Crippen LogP contribution in [0.25, 0.3) is 6.08 Å². The fourth-order valence-corrected chi connectivity index (χ4v) is 3.46. The number of benzene rings is 2. The van der Waals surface area contributed by atoms with Gasteiger partial charge in [-0.2, -0.15) is 0 Å². The van der Waals surface area contributed by atoms with E-state index in [0.717, 1.165) is 25.7 Å². The average molecular weight is 422 g/mol. The fourth-order valence-electron chi connectivity index (χ4n) is 3.46. The Morgan fingerprint density at radius 2 is 1.74 bits per heavy atom. The van der Waals surface area contributed by atoms with Crippen molar-refractivity contribution in [1.29, 1.82) is 0 Å². The van der Waals surface area contributed by atoms with Crippen LogP contribution in [0.3, 0.4) is 0 Å². The van der Waals surface area contributed by atoms with Gasteiger partial charge in [-0.15, -0.1) is 0 Å². The molecular formula is C24H26N2O5. The normalized spacial score (nSPS) is 13.7. The predicted octanol–water partition coefficient (Wildman–Crippen LogP) is 3.56. The number of amides is 2. The molecule has 7 heteroatoms. The molecule has 0 aliphatic heterocycles. The van der Waals surface area contributed by atoms with E-state index in [0.29, 0.717) is 22.6 Å². The quantitative estimate of drug-likeness (QED) is 0.501. The minimum absolute atomic E-state index is 0.173. The van der Waals surface area contributed by atoms with Crippen molar-refractivity contribution >= 4 is 29.5 Å². The Hall–Kier alpha value is -3.61. The first-order chi connectivity index (χ1) is 15.1. The van der Waals surface area contributed by atoms with Crippen molar-refractivity contribution in [3.05, 3.63) is 65.7 Å². The van der Waals surface area contributed by atoms with E-state index in [-0.39, 0.29) is 11.9 Å². The number of hydrogen-bond acceptors (Lipinski definition) is 5. The van der Waals surface area contributed by atoms with Crippen LogP contribution in [0.5, 0.6) is 5.75 Å². The fraction of sp³-hybridized carbons (Fsp3) is 0.292. The molecule has 0 atom stereocenters. The average Bonchev–Trinajstić information content (AvgIpc) is 3.29. The van der Waals surface area contributed by atoms with Gasteiger partial charge in [0.25, 0.3) is 11.8 Å². The van der Waals surface area contributed by atoms with Crippen LogP contribution < -0.4 is 15.4 Å². The first-order valence-electron chi connectivity index (χ1n) is 10.2. The van der Waals surface area contributed by atoms with E-state index in [9.17, 15) is 14.4 Å². The third-order valence-electron chi connectivity index (χ3n) is 5.02. The van der Waals surface area contributed by atoms with Crippen LogP contribution >= 0.6 is 0 Å². The molecule has 0 unspecified atom stereocenters. The van der Waals surface area contributed by atoms with Gasteiger partial charge in [0, 0.05) is 17.7 Å². The molecule has 0 bridgehead atoms. The Labute approximate surface area is 181 Å². The highest BCUT2D eigenvalue weighted by Crippen LogP contribution is 2.21. The van der Waals surface area contributed by atoms with Gasteiger partial charge in [-0.1, -0.05) is 43.2 Å². The summed E-state index contributed by atoms with van der Waals surface area (Å²) in [6, 6.07) is 14.2. The molecule has 1 aliphatic carbocycles. The number of methoxy groups -OCH3 is 1. The van der Waals surface area contributed by atoms with E-state index >= 15 is 0 Å². The molecule has 1 fully saturated rings. The highest BCUT2D eigenvalue weighted by atomic mass is 16.5. The summed E-state index contributed by atoms with van der Waals surface area (Å²) in [6.45, 7) is -0.465. The molecule has 1 saturated carbocycles. The van der Waals surface area contributed by atoms with Crippen molar-refractivity contribution in [2.75, 3.05) is 19.0 Å². The lowest BCUT2D eigenvalue weighted by Gasteiger charge is -2.15. The van der Waals surface area contributed by atoms with Gasteiger partial charge in [-0.3, -0.25) is 9.59 Å². The molecule has 0 spiro atoms. The summed E-state index contributed by atoms with van der Waals surface area (Å²) >= 11 is 0. The van der Waals surface area contributed by atoms with E-state index in [1.807, 2.05) is 12.1 Å². The second-order valence-electron chi connectivity index (χ2n) is 7.23. The van der Waals surface area contributed by atoms with Crippen LogP contribution in [0.15, 0.2) is 54.6 Å². The van der Waals surface area contributed by atoms with Gasteiger partial charge in [0.05, 0.1) is 18.4 Å². The molecule has 0 aromatic heterocycles. The number of ether oxygens (including phenoxy) is 2. The third-order valence-corrected chi connectivity index (χ3v) is 5.02. The lowest BCUT2D eigenvalue weighted by atomic mass is 10.1. The zero-order chi connectivity index (χ0) is 22.1. The van der Waals surface area contributed by atoms with Crippen molar-refractivity contribution in [2.24, 2.45) is 0 Å². The van der Waals surface area contributed by atoms with Crippen molar-refractivity contribution in [1.82, 2.24) is 5.32 Å². The minimum Gasteiger partial charge on any atom is -0.496 e. The maximum absolute atomic E-state index is 12.6. The molecule has 2 aromatic carbocycles. The van der Waals surface area contributed by atoms with E-state index in [2.05, 4.69) is 10.6 Å². The molecule has 0 radical (unpaired) electrons. The summed E-state index contributed by atoms with van der Waals surface area (Å²) in [6.07, 6.45) is 6.95. The van der Waals surface area contributed by atoms with Crippen LogP contribution in [0.2, 0.25) is 0 Å². The summed E-state index contributed by atoms with van der Waals surface area (Å²) in [5, 5.41) is 5.65. The number of hydrogen-bond donors (Lipinski definition) is 2. The number of anilines is 1. The summed E-state index contributed by atoms with van der Waals surface area (Å²) in [7, 11) is 1.54. The Balaban J connectivity index is 1.53. The van der Waals surface area contributed by atoms with Gasteiger partial charge in [0.15, 0.2) is 6.61 Å². The second-order valence-corrected chi connectivity index (χ2v) is 7.23. The lowest BCUT2D eigenvalue weighted by molar-refractivity contribution is -0.142. The number of carbonyl (C=O) groups is 3. The molecular weight excluding hydrogens is 396 g/mol. The topological polar surface area (TPSA) is 93.7 Å². The zero-order valence-corrected chi connectivity index (χ0v) is 17.4. The summed E-state index contributed by atoms with van der Waals surface area (Å²) in [5.74, 6) is -0.787. The van der Waals surface area contributed by atoms with Crippen molar-refractivity contribution < 1.29 is 23.9 Å². The van der Waals surface area contributed by atoms with Crippen LogP contribution in [-0.4, -0.2) is 37.5 Å². The Bertz CT molecular complexity index is 964. The maximum atomic E-state index is 12.6. The molecule has 2 N–H and O–H groups in total. The van der Waals surface area contributed by atoms with Gasteiger partial charge in [-0.25, -0.2) is 4.79 Å². The van der Waals surface area contributed by atoms with Gasteiger partial charge < -0.3 is 20.1 Å². The molecule has 162 valence electrons. The Morgan fingerprint density at radius 1 is 1.03 bits per heavy atom. The number of esters is 1. The van der Waals surface area contributed by atoms with Crippen molar-refractivity contribution in [3.8, 4) is 5.75 Å². The summed E-state index contributed by atoms with van der Waals surface area (Å²) < 4.78 is 10.2. The van der Waals surface area contributed by atoms with Crippen LogP contribution in [0.4, 0.5) is 5.69 Å². The van der Waals surface area contributed by atoms with Gasteiger partial charge in [-0.05, 0) is 37.1 Å². The molecule has 31 heavy (non-hydrogen) atoms. The van der Waals surface area contributed by atoms with Crippen molar-refractivity contribution in [2.45, 2.75) is 31.7 Å². The molecule has 7 nitrogen and oxygen atoms in total. The number of nitrogens with one attached hydrogen (secondary N) is 2. The highest BCUT2D eigenvalue weighted by Gasteiger charge is 2.20. The smallest absolute Gasteiger partial charge is 0.331 e. The number of rotatable bonds is 8. The molecule has 1 aliphatic rings. The van der Waals surface area contributed by atoms with Gasteiger partial charge in [0.2, 0.25) is 0 Å². The second kappa shape index (κ2) is 11.0. The first-order valence-corrected chi connectivity index (χ1v) is 10.2. The molecule has 2 amide bonds. The molecule has 0 heterocycles. The van der Waals surface area contributed by atoms with Crippen LogP contribution in [0.1, 0.15) is 41.6 Å². The third kappa shape index (κ3) is 6.44. The van der Waals surface area contributed by atoms with Gasteiger partial charge in [0.1, 0.15) is 5.75 Å². The van der Waals surface area contributed by atoms with Crippen molar-refractivity contribution in [3.63, 3.8) is 0 Å². The van der Waals surface area contributed by atoms with E-state index < -0.39 is 18.5 Å². The maximum Gasteiger partial charge on any atom is 0.331 e. The van der Waals surface area contributed by atoms with E-state index in [1.165, 1.54) is 6.08 Å². The predicted molar refractivity (Wildman–Crippen MR) is 118 cm³/mol. The monoisotopic (exact) mass is 422 g/mol. The van der Waals surface area contributed by atoms with Gasteiger partial charge >= 0.3 is 5.97 Å². The van der Waals surface area contributed by atoms with Crippen LogP contribution in [-0.2, 0) is 14.3 Å². The lowest BCUT2D eigenvalue weighted by Crippen LogP contribution is -2.33. The first kappa shape index (κ1) is 22.1. The Morgan fingerprint density at radius 3 is 2.52 bits per heavy atom. The van der Waals surface area contributed by atoms with Crippen LogP contribution in [0, 0.1) is 0 Å². The summed E-state index contributed by atoms with van der Waals surface area (Å²) in [5.41, 5.74) is 1.47. The summed E-state index contributed by atoms with van der Waals surface area (Å²) in [4.78, 5) is 36.8. The number of para-hydroxylation sites is 2. The SMILES string of the molecule is COc1ccccc1/C=C/C(=O)OCC(=O)Nc1ccccc1C(=O)NC1CCCC1. The largest absolute Gasteiger partial charge is 0.496 e.